The molecule has 0 radical (unpaired) electrons. The molecular weight excluding hydrogens is 232 g/mol. The van der Waals surface area contributed by atoms with Crippen molar-refractivity contribution in [1.29, 1.82) is 0 Å². The zero-order valence-corrected chi connectivity index (χ0v) is 9.25. The van der Waals surface area contributed by atoms with Crippen LogP contribution in [0.25, 0.3) is 0 Å². The molecule has 0 aliphatic heterocycles. The van der Waals surface area contributed by atoms with Crippen LogP contribution in [0.4, 0.5) is 0 Å². The number of aliphatic hydroxyl groups excluding tert-OH is 1. The standard InChI is InChI=1S/C9H13BrN2O/c1-5-3-7(10)4-12-9(5)8(11)6(2)13/h3-4,6,8,13H,11H2,1-2H3/t6-,8+/m1/s1. The molecule has 72 valence electrons. The Bertz CT molecular complexity index is 302. The number of pyridine rings is 1. The highest BCUT2D eigenvalue weighted by Gasteiger charge is 2.15. The van der Waals surface area contributed by atoms with Crippen molar-refractivity contribution in [1.82, 2.24) is 4.98 Å². The average molecular weight is 245 g/mol. The van der Waals surface area contributed by atoms with Gasteiger partial charge in [-0.1, -0.05) is 0 Å². The van der Waals surface area contributed by atoms with Gasteiger partial charge in [-0.2, -0.15) is 0 Å². The van der Waals surface area contributed by atoms with Crippen LogP contribution in [0, 0.1) is 6.92 Å². The van der Waals surface area contributed by atoms with Crippen molar-refractivity contribution in [2.75, 3.05) is 0 Å². The van der Waals surface area contributed by atoms with Gasteiger partial charge in [-0.3, -0.25) is 4.98 Å². The SMILES string of the molecule is Cc1cc(Br)cnc1[C@@H](N)[C@@H](C)O. The van der Waals surface area contributed by atoms with Gasteiger partial charge in [0.1, 0.15) is 0 Å². The molecule has 0 aliphatic carbocycles. The molecule has 4 heteroatoms. The van der Waals surface area contributed by atoms with Crippen LogP contribution in [0.2, 0.25) is 0 Å². The first-order chi connectivity index (χ1) is 6.02. The first kappa shape index (κ1) is 10.6. The van der Waals surface area contributed by atoms with Crippen LogP contribution in [0.15, 0.2) is 16.7 Å². The minimum Gasteiger partial charge on any atom is -0.391 e. The van der Waals surface area contributed by atoms with Crippen LogP contribution in [-0.2, 0) is 0 Å². The van der Waals surface area contributed by atoms with E-state index in [-0.39, 0.29) is 0 Å². The minimum atomic E-state index is -0.577. The van der Waals surface area contributed by atoms with Crippen LogP contribution >= 0.6 is 15.9 Å². The Hall–Kier alpha value is -0.450. The smallest absolute Gasteiger partial charge is 0.0733 e. The van der Waals surface area contributed by atoms with Crippen molar-refractivity contribution < 1.29 is 5.11 Å². The predicted molar refractivity (Wildman–Crippen MR) is 55.3 cm³/mol. The van der Waals surface area contributed by atoms with Gasteiger partial charge in [0.15, 0.2) is 0 Å². The van der Waals surface area contributed by atoms with E-state index in [1.54, 1.807) is 13.1 Å². The number of halogens is 1. The van der Waals surface area contributed by atoms with Gasteiger partial charge in [0.05, 0.1) is 17.8 Å². The summed E-state index contributed by atoms with van der Waals surface area (Å²) >= 11 is 3.32. The molecule has 0 saturated heterocycles. The van der Waals surface area contributed by atoms with Crippen molar-refractivity contribution in [2.45, 2.75) is 26.0 Å². The molecule has 0 unspecified atom stereocenters. The summed E-state index contributed by atoms with van der Waals surface area (Å²) in [5.74, 6) is 0. The second-order valence-electron chi connectivity index (χ2n) is 3.12. The lowest BCUT2D eigenvalue weighted by Crippen LogP contribution is -2.25. The number of aliphatic hydroxyl groups is 1. The number of nitrogens with zero attached hydrogens (tertiary/aromatic N) is 1. The van der Waals surface area contributed by atoms with Gasteiger partial charge < -0.3 is 10.8 Å². The fourth-order valence-electron chi connectivity index (χ4n) is 1.13. The second-order valence-corrected chi connectivity index (χ2v) is 4.04. The number of hydrogen-bond donors (Lipinski definition) is 2. The highest BCUT2D eigenvalue weighted by Crippen LogP contribution is 2.19. The first-order valence-electron chi connectivity index (χ1n) is 4.08. The molecule has 13 heavy (non-hydrogen) atoms. The third kappa shape index (κ3) is 2.49. The van der Waals surface area contributed by atoms with Crippen LogP contribution in [0.3, 0.4) is 0 Å². The number of aromatic nitrogens is 1. The molecule has 2 atom stereocenters. The summed E-state index contributed by atoms with van der Waals surface area (Å²) in [6, 6.07) is 1.53. The molecule has 1 rings (SSSR count). The van der Waals surface area contributed by atoms with E-state index < -0.39 is 12.1 Å². The van der Waals surface area contributed by atoms with Gasteiger partial charge in [-0.25, -0.2) is 0 Å². The monoisotopic (exact) mass is 244 g/mol. The highest BCUT2D eigenvalue weighted by molar-refractivity contribution is 9.10. The van der Waals surface area contributed by atoms with E-state index in [1.807, 2.05) is 13.0 Å². The number of hydrogen-bond acceptors (Lipinski definition) is 3. The van der Waals surface area contributed by atoms with Crippen LogP contribution in [-0.4, -0.2) is 16.2 Å². The molecule has 0 aromatic carbocycles. The molecule has 1 aromatic rings. The van der Waals surface area contributed by atoms with Gasteiger partial charge >= 0.3 is 0 Å². The van der Waals surface area contributed by atoms with E-state index in [4.69, 9.17) is 5.73 Å². The van der Waals surface area contributed by atoms with E-state index in [2.05, 4.69) is 20.9 Å². The molecule has 0 amide bonds. The molecule has 0 aliphatic rings. The third-order valence-corrected chi connectivity index (χ3v) is 2.35. The minimum absolute atomic E-state index is 0.409. The molecule has 0 spiro atoms. The van der Waals surface area contributed by atoms with Crippen LogP contribution < -0.4 is 5.73 Å². The van der Waals surface area contributed by atoms with E-state index >= 15 is 0 Å². The summed E-state index contributed by atoms with van der Waals surface area (Å²) in [6.45, 7) is 3.59. The summed E-state index contributed by atoms with van der Waals surface area (Å²) in [4.78, 5) is 4.17. The summed E-state index contributed by atoms with van der Waals surface area (Å²) < 4.78 is 0.923. The molecule has 3 N–H and O–H groups in total. The lowest BCUT2D eigenvalue weighted by Gasteiger charge is -2.16. The molecule has 0 fully saturated rings. The quantitative estimate of drug-likeness (QED) is 0.830. The van der Waals surface area contributed by atoms with Gasteiger partial charge in [-0.05, 0) is 41.4 Å². The summed E-state index contributed by atoms with van der Waals surface area (Å²) in [5, 5.41) is 9.29. The van der Waals surface area contributed by atoms with Crippen molar-refractivity contribution in [3.8, 4) is 0 Å². The van der Waals surface area contributed by atoms with Crippen molar-refractivity contribution in [3.63, 3.8) is 0 Å². The number of aryl methyl sites for hydroxylation is 1. The lowest BCUT2D eigenvalue weighted by molar-refractivity contribution is 0.162. The fourth-order valence-corrected chi connectivity index (χ4v) is 1.57. The Labute approximate surface area is 86.1 Å². The number of nitrogens with two attached hydrogens (primary N) is 1. The second kappa shape index (κ2) is 4.17. The van der Waals surface area contributed by atoms with Crippen LogP contribution in [0.1, 0.15) is 24.2 Å². The zero-order chi connectivity index (χ0) is 10.0. The van der Waals surface area contributed by atoms with E-state index in [0.29, 0.717) is 0 Å². The Morgan fingerprint density at radius 1 is 1.62 bits per heavy atom. The molecule has 0 saturated carbocycles. The molecule has 1 heterocycles. The fraction of sp³-hybridized carbons (Fsp3) is 0.444. The lowest BCUT2D eigenvalue weighted by atomic mass is 10.1. The normalized spacial score (nSPS) is 15.5. The highest BCUT2D eigenvalue weighted by atomic mass is 79.9. The van der Waals surface area contributed by atoms with Gasteiger partial charge in [0.25, 0.3) is 0 Å². The molecular formula is C9H13BrN2O. The predicted octanol–water partition coefficient (Wildman–Crippen LogP) is 1.53. The average Bonchev–Trinajstić information content (AvgIpc) is 2.03. The Morgan fingerprint density at radius 2 is 2.23 bits per heavy atom. The first-order valence-corrected chi connectivity index (χ1v) is 4.87. The van der Waals surface area contributed by atoms with Gasteiger partial charge in [0, 0.05) is 10.7 Å². The summed E-state index contributed by atoms with van der Waals surface area (Å²) in [5.41, 5.74) is 7.50. The summed E-state index contributed by atoms with van der Waals surface area (Å²) in [6.07, 6.45) is 1.11. The Kier molecular flexibility index (Phi) is 3.41. The Morgan fingerprint density at radius 3 is 2.69 bits per heavy atom. The summed E-state index contributed by atoms with van der Waals surface area (Å²) in [7, 11) is 0. The zero-order valence-electron chi connectivity index (χ0n) is 7.66. The topological polar surface area (TPSA) is 59.1 Å². The maximum Gasteiger partial charge on any atom is 0.0733 e. The van der Waals surface area contributed by atoms with Crippen LogP contribution in [0.5, 0.6) is 0 Å². The van der Waals surface area contributed by atoms with Gasteiger partial charge in [-0.15, -0.1) is 0 Å². The Balaban J connectivity index is 3.01. The molecule has 0 bridgehead atoms. The van der Waals surface area contributed by atoms with Crippen molar-refractivity contribution >= 4 is 15.9 Å². The maximum atomic E-state index is 9.29. The maximum absolute atomic E-state index is 9.29. The van der Waals surface area contributed by atoms with E-state index in [0.717, 1.165) is 15.7 Å². The number of rotatable bonds is 2. The molecule has 3 nitrogen and oxygen atoms in total. The largest absolute Gasteiger partial charge is 0.391 e. The van der Waals surface area contributed by atoms with Crippen molar-refractivity contribution in [3.05, 3.63) is 28.0 Å². The van der Waals surface area contributed by atoms with Gasteiger partial charge in [0.2, 0.25) is 0 Å². The van der Waals surface area contributed by atoms with E-state index in [1.165, 1.54) is 0 Å². The molecule has 1 aromatic heterocycles. The van der Waals surface area contributed by atoms with E-state index in [9.17, 15) is 5.11 Å². The third-order valence-electron chi connectivity index (χ3n) is 1.92. The van der Waals surface area contributed by atoms with Crippen molar-refractivity contribution in [2.24, 2.45) is 5.73 Å².